The van der Waals surface area contributed by atoms with E-state index in [1.807, 2.05) is 30.0 Å². The van der Waals surface area contributed by atoms with Gasteiger partial charge in [0.1, 0.15) is 0 Å². The van der Waals surface area contributed by atoms with E-state index in [2.05, 4.69) is 5.32 Å². The quantitative estimate of drug-likeness (QED) is 0.836. The predicted molar refractivity (Wildman–Crippen MR) is 88.3 cm³/mol. The summed E-state index contributed by atoms with van der Waals surface area (Å²) in [5.41, 5.74) is 1.16. The zero-order valence-corrected chi connectivity index (χ0v) is 13.7. The van der Waals surface area contributed by atoms with Gasteiger partial charge in [-0.25, -0.2) is 0 Å². The van der Waals surface area contributed by atoms with Crippen LogP contribution in [-0.2, 0) is 4.74 Å². The molecule has 20 heavy (non-hydrogen) atoms. The Morgan fingerprint density at radius 3 is 2.75 bits per heavy atom. The van der Waals surface area contributed by atoms with Gasteiger partial charge in [-0.1, -0.05) is 23.2 Å². The van der Waals surface area contributed by atoms with Crippen LogP contribution in [0.15, 0.2) is 18.2 Å². The molecule has 2 aliphatic rings. The van der Waals surface area contributed by atoms with E-state index in [1.165, 1.54) is 24.3 Å². The smallest absolute Gasteiger partial charge is 0.0717 e. The van der Waals surface area contributed by atoms with E-state index in [0.717, 1.165) is 25.1 Å². The Morgan fingerprint density at radius 1 is 1.20 bits per heavy atom. The largest absolute Gasteiger partial charge is 0.382 e. The SMILES string of the molecule is Clc1ccc(NC2CCOC3(CCSCC3)C2)cc1Cl. The molecule has 1 unspecified atom stereocenters. The van der Waals surface area contributed by atoms with Crippen molar-refractivity contribution in [2.45, 2.75) is 37.3 Å². The first-order valence-electron chi connectivity index (χ1n) is 7.10. The van der Waals surface area contributed by atoms with E-state index < -0.39 is 0 Å². The van der Waals surface area contributed by atoms with Gasteiger partial charge in [0, 0.05) is 18.3 Å². The summed E-state index contributed by atoms with van der Waals surface area (Å²) in [4.78, 5) is 0. The number of benzene rings is 1. The number of thioether (sulfide) groups is 1. The number of nitrogens with one attached hydrogen (secondary N) is 1. The van der Waals surface area contributed by atoms with Crippen LogP contribution in [0.4, 0.5) is 5.69 Å². The van der Waals surface area contributed by atoms with Crippen molar-refractivity contribution in [3.8, 4) is 0 Å². The summed E-state index contributed by atoms with van der Waals surface area (Å²) < 4.78 is 6.12. The Hall–Kier alpha value is -0.0900. The minimum absolute atomic E-state index is 0.109. The number of hydrogen-bond acceptors (Lipinski definition) is 3. The van der Waals surface area contributed by atoms with Crippen molar-refractivity contribution in [1.29, 1.82) is 0 Å². The molecule has 2 aliphatic heterocycles. The van der Waals surface area contributed by atoms with Gasteiger partial charge in [0.15, 0.2) is 0 Å². The molecule has 0 saturated carbocycles. The van der Waals surface area contributed by atoms with E-state index >= 15 is 0 Å². The van der Waals surface area contributed by atoms with Crippen molar-refractivity contribution >= 4 is 40.7 Å². The van der Waals surface area contributed by atoms with E-state index in [9.17, 15) is 0 Å². The second-order valence-electron chi connectivity index (χ2n) is 5.61. The fourth-order valence-corrected chi connectivity index (χ4v) is 4.60. The van der Waals surface area contributed by atoms with Crippen molar-refractivity contribution < 1.29 is 4.74 Å². The second-order valence-corrected chi connectivity index (χ2v) is 7.65. The van der Waals surface area contributed by atoms with Crippen molar-refractivity contribution in [1.82, 2.24) is 0 Å². The zero-order valence-electron chi connectivity index (χ0n) is 11.3. The van der Waals surface area contributed by atoms with Crippen LogP contribution >= 0.6 is 35.0 Å². The molecule has 1 spiro atoms. The maximum absolute atomic E-state index is 6.12. The summed E-state index contributed by atoms with van der Waals surface area (Å²) in [7, 11) is 0. The van der Waals surface area contributed by atoms with E-state index in [4.69, 9.17) is 27.9 Å². The number of ether oxygens (including phenoxy) is 1. The van der Waals surface area contributed by atoms with E-state index in [-0.39, 0.29) is 5.60 Å². The summed E-state index contributed by atoms with van der Waals surface area (Å²) in [5.74, 6) is 2.44. The van der Waals surface area contributed by atoms with Gasteiger partial charge in [0.05, 0.1) is 15.6 Å². The molecule has 2 heterocycles. The van der Waals surface area contributed by atoms with Crippen LogP contribution in [-0.4, -0.2) is 29.8 Å². The standard InChI is InChI=1S/C15H19Cl2NOS/c16-13-2-1-11(9-14(13)17)18-12-3-6-19-15(10-12)4-7-20-8-5-15/h1-2,9,12,18H,3-8,10H2. The first-order valence-corrected chi connectivity index (χ1v) is 9.01. The predicted octanol–water partition coefficient (Wildman–Crippen LogP) is 4.85. The van der Waals surface area contributed by atoms with Crippen LogP contribution in [0.2, 0.25) is 10.0 Å². The van der Waals surface area contributed by atoms with Crippen LogP contribution in [0, 0.1) is 0 Å². The maximum Gasteiger partial charge on any atom is 0.0717 e. The molecular weight excluding hydrogens is 313 g/mol. The van der Waals surface area contributed by atoms with Crippen LogP contribution in [0.5, 0.6) is 0 Å². The third-order valence-corrected chi connectivity index (χ3v) is 5.91. The molecule has 1 aromatic carbocycles. The Labute approximate surface area is 134 Å². The molecular formula is C15H19Cl2NOS. The van der Waals surface area contributed by atoms with Crippen LogP contribution in [0.1, 0.15) is 25.7 Å². The molecule has 1 aromatic rings. The second kappa shape index (κ2) is 6.35. The van der Waals surface area contributed by atoms with Gasteiger partial charge in [0.2, 0.25) is 0 Å². The van der Waals surface area contributed by atoms with Gasteiger partial charge in [-0.3, -0.25) is 0 Å². The van der Waals surface area contributed by atoms with E-state index in [1.54, 1.807) is 0 Å². The summed E-state index contributed by atoms with van der Waals surface area (Å²) >= 11 is 14.1. The summed E-state index contributed by atoms with van der Waals surface area (Å²) in [5, 5.41) is 4.80. The number of rotatable bonds is 2. The number of hydrogen-bond donors (Lipinski definition) is 1. The lowest BCUT2D eigenvalue weighted by atomic mass is 9.85. The summed E-state index contributed by atoms with van der Waals surface area (Å²) in [6.45, 7) is 0.851. The molecule has 110 valence electrons. The lowest BCUT2D eigenvalue weighted by Crippen LogP contribution is -2.46. The lowest BCUT2D eigenvalue weighted by molar-refractivity contribution is -0.0865. The molecule has 1 atom stereocenters. The summed E-state index contributed by atoms with van der Waals surface area (Å²) in [6, 6.07) is 6.21. The highest BCUT2D eigenvalue weighted by Gasteiger charge is 2.38. The highest BCUT2D eigenvalue weighted by Crippen LogP contribution is 2.38. The lowest BCUT2D eigenvalue weighted by Gasteiger charge is -2.43. The van der Waals surface area contributed by atoms with Crippen molar-refractivity contribution in [2.24, 2.45) is 0 Å². The fourth-order valence-electron chi connectivity index (χ4n) is 3.06. The average Bonchev–Trinajstić information content (AvgIpc) is 2.44. The maximum atomic E-state index is 6.12. The van der Waals surface area contributed by atoms with Crippen molar-refractivity contribution in [2.75, 3.05) is 23.4 Å². The Bertz CT molecular complexity index is 471. The first-order chi connectivity index (χ1) is 9.67. The molecule has 5 heteroatoms. The fraction of sp³-hybridized carbons (Fsp3) is 0.600. The molecule has 1 N–H and O–H groups in total. The highest BCUT2D eigenvalue weighted by atomic mass is 35.5. The first kappa shape index (κ1) is 14.8. The Morgan fingerprint density at radius 2 is 2.00 bits per heavy atom. The molecule has 0 bridgehead atoms. The van der Waals surface area contributed by atoms with Crippen LogP contribution in [0.25, 0.3) is 0 Å². The average molecular weight is 332 g/mol. The van der Waals surface area contributed by atoms with Crippen LogP contribution < -0.4 is 5.32 Å². The van der Waals surface area contributed by atoms with Gasteiger partial charge in [-0.05, 0) is 55.4 Å². The van der Waals surface area contributed by atoms with Gasteiger partial charge >= 0.3 is 0 Å². The molecule has 2 fully saturated rings. The van der Waals surface area contributed by atoms with Gasteiger partial charge < -0.3 is 10.1 Å². The van der Waals surface area contributed by atoms with Gasteiger partial charge in [-0.2, -0.15) is 11.8 Å². The number of anilines is 1. The van der Waals surface area contributed by atoms with Gasteiger partial charge in [-0.15, -0.1) is 0 Å². The van der Waals surface area contributed by atoms with Crippen LogP contribution in [0.3, 0.4) is 0 Å². The summed E-state index contributed by atoms with van der Waals surface area (Å²) in [6.07, 6.45) is 4.50. The topological polar surface area (TPSA) is 21.3 Å². The van der Waals surface area contributed by atoms with Gasteiger partial charge in [0.25, 0.3) is 0 Å². The monoisotopic (exact) mass is 331 g/mol. The molecule has 0 aliphatic carbocycles. The molecule has 0 amide bonds. The minimum Gasteiger partial charge on any atom is -0.382 e. The Balaban J connectivity index is 1.66. The molecule has 3 rings (SSSR count). The zero-order chi connectivity index (χ0) is 14.0. The molecule has 2 nitrogen and oxygen atoms in total. The normalized spacial score (nSPS) is 25.6. The third kappa shape index (κ3) is 3.38. The molecule has 0 aromatic heterocycles. The van der Waals surface area contributed by atoms with Crippen molar-refractivity contribution in [3.63, 3.8) is 0 Å². The minimum atomic E-state index is 0.109. The molecule has 0 radical (unpaired) electrons. The third-order valence-electron chi connectivity index (χ3n) is 4.19. The van der Waals surface area contributed by atoms with E-state index in [0.29, 0.717) is 16.1 Å². The molecule has 2 saturated heterocycles. The highest BCUT2D eigenvalue weighted by molar-refractivity contribution is 7.99. The Kier molecular flexibility index (Phi) is 4.71. The van der Waals surface area contributed by atoms with Crippen molar-refractivity contribution in [3.05, 3.63) is 28.2 Å². The number of halogens is 2.